The maximum Gasteiger partial charge on any atom is 0.325 e. The van der Waals surface area contributed by atoms with Gasteiger partial charge in [0.15, 0.2) is 5.41 Å². The average molecular weight is 438 g/mol. The molecule has 1 saturated carbocycles. The largest absolute Gasteiger partial charge is 0.468 e. The van der Waals surface area contributed by atoms with Crippen LogP contribution in [-0.2, 0) is 24.5 Å². The highest BCUT2D eigenvalue weighted by Crippen LogP contribution is 2.79. The first-order chi connectivity index (χ1) is 13.5. The number of halogens is 1. The number of esters is 2. The van der Waals surface area contributed by atoms with Crippen LogP contribution in [0.4, 0.5) is 0 Å². The van der Waals surface area contributed by atoms with Crippen LogP contribution >= 0.6 is 15.9 Å². The van der Waals surface area contributed by atoms with Crippen LogP contribution in [0, 0.1) is 16.7 Å². The van der Waals surface area contributed by atoms with Gasteiger partial charge in [-0.1, -0.05) is 64.5 Å². The lowest BCUT2D eigenvalue weighted by Gasteiger charge is -2.19. The summed E-state index contributed by atoms with van der Waals surface area (Å²) >= 11 is 3.57. The van der Waals surface area contributed by atoms with Crippen molar-refractivity contribution in [1.29, 1.82) is 5.26 Å². The third kappa shape index (κ3) is 2.00. The van der Waals surface area contributed by atoms with Crippen molar-refractivity contribution in [3.05, 3.63) is 75.8 Å². The van der Waals surface area contributed by atoms with E-state index in [4.69, 9.17) is 9.47 Å². The molecular formula is C22H16BrNO4. The molecule has 2 aliphatic carbocycles. The molecule has 140 valence electrons. The Hall–Kier alpha value is -2.91. The second-order valence-electron chi connectivity index (χ2n) is 6.84. The molecule has 0 aromatic heterocycles. The molecule has 5 nitrogen and oxygen atoms in total. The Morgan fingerprint density at radius 3 is 2.25 bits per heavy atom. The monoisotopic (exact) mass is 437 g/mol. The molecule has 2 aliphatic rings. The fourth-order valence-corrected chi connectivity index (χ4v) is 5.51. The summed E-state index contributed by atoms with van der Waals surface area (Å²) < 4.78 is 10.9. The molecule has 0 N–H and O–H groups in total. The number of rotatable bonds is 3. The van der Waals surface area contributed by atoms with Gasteiger partial charge in [0.1, 0.15) is 0 Å². The van der Waals surface area contributed by atoms with Gasteiger partial charge in [-0.15, -0.1) is 0 Å². The minimum Gasteiger partial charge on any atom is -0.468 e. The normalized spacial score (nSPS) is 23.4. The van der Waals surface area contributed by atoms with Crippen LogP contribution in [-0.4, -0.2) is 26.2 Å². The summed E-state index contributed by atoms with van der Waals surface area (Å²) in [6.45, 7) is 0. The average Bonchev–Trinajstić information content (AvgIpc) is 3.19. The van der Waals surface area contributed by atoms with Crippen molar-refractivity contribution in [2.75, 3.05) is 14.2 Å². The topological polar surface area (TPSA) is 76.4 Å². The number of methoxy groups -OCH3 is 2. The zero-order chi connectivity index (χ0) is 20.1. The molecule has 6 heteroatoms. The highest BCUT2D eigenvalue weighted by atomic mass is 79.9. The van der Waals surface area contributed by atoms with Crippen LogP contribution in [0.3, 0.4) is 0 Å². The molecule has 0 saturated heterocycles. The number of carbonyl (C=O) groups excluding carboxylic acids is 2. The van der Waals surface area contributed by atoms with E-state index in [1.807, 2.05) is 48.5 Å². The van der Waals surface area contributed by atoms with Gasteiger partial charge in [0.05, 0.1) is 31.3 Å². The molecule has 2 aromatic carbocycles. The van der Waals surface area contributed by atoms with Crippen molar-refractivity contribution in [2.45, 2.75) is 11.3 Å². The summed E-state index contributed by atoms with van der Waals surface area (Å²) in [4.78, 5) is 26.2. The number of hydrogen-bond donors (Lipinski definition) is 0. The molecule has 0 bridgehead atoms. The van der Waals surface area contributed by atoms with Gasteiger partial charge in [-0.25, -0.2) is 0 Å². The third-order valence-electron chi connectivity index (χ3n) is 5.82. The fraction of sp³-hybridized carbons (Fsp3) is 0.227. The first-order valence-electron chi connectivity index (χ1n) is 8.64. The van der Waals surface area contributed by atoms with E-state index in [0.29, 0.717) is 11.1 Å². The number of fused-ring (bicyclic) bond motifs is 2. The second-order valence-corrected chi connectivity index (χ2v) is 7.69. The van der Waals surface area contributed by atoms with Gasteiger partial charge in [0, 0.05) is 10.4 Å². The standard InChI is InChI=1S/C22H16BrNO4/c1-27-19(25)22(20(26)28-2)18(13-7-4-3-5-8-13)21(22)11-14(12-24)15-9-6-10-16(23)17(15)21/h3-11,18H,1-2H3/t18-,21-/m0/s1. The van der Waals surface area contributed by atoms with Gasteiger partial charge in [0.25, 0.3) is 0 Å². The molecule has 1 fully saturated rings. The first kappa shape index (κ1) is 18.5. The van der Waals surface area contributed by atoms with Gasteiger partial charge in [-0.2, -0.15) is 5.26 Å². The van der Waals surface area contributed by atoms with Crippen LogP contribution in [0.2, 0.25) is 0 Å². The van der Waals surface area contributed by atoms with Crippen LogP contribution < -0.4 is 0 Å². The quantitative estimate of drug-likeness (QED) is 0.539. The summed E-state index contributed by atoms with van der Waals surface area (Å²) in [7, 11) is 2.51. The Kier molecular flexibility index (Phi) is 4.16. The Morgan fingerprint density at radius 2 is 1.68 bits per heavy atom. The van der Waals surface area contributed by atoms with E-state index in [2.05, 4.69) is 22.0 Å². The summed E-state index contributed by atoms with van der Waals surface area (Å²) in [6.07, 6.45) is 1.73. The Bertz CT molecular complexity index is 1050. The van der Waals surface area contributed by atoms with E-state index in [0.717, 1.165) is 15.6 Å². The Morgan fingerprint density at radius 1 is 1.04 bits per heavy atom. The maximum absolute atomic E-state index is 13.1. The zero-order valence-electron chi connectivity index (χ0n) is 15.2. The smallest absolute Gasteiger partial charge is 0.325 e. The van der Waals surface area contributed by atoms with Crippen molar-refractivity contribution in [3.63, 3.8) is 0 Å². The van der Waals surface area contributed by atoms with E-state index in [9.17, 15) is 14.9 Å². The number of allylic oxidation sites excluding steroid dienone is 2. The van der Waals surface area contributed by atoms with Crippen LogP contribution in [0.1, 0.15) is 22.6 Å². The van der Waals surface area contributed by atoms with Crippen molar-refractivity contribution in [3.8, 4) is 6.07 Å². The molecule has 4 rings (SSSR count). The number of hydrogen-bond acceptors (Lipinski definition) is 5. The van der Waals surface area contributed by atoms with Gasteiger partial charge in [-0.3, -0.25) is 9.59 Å². The summed E-state index contributed by atoms with van der Waals surface area (Å²) in [5.74, 6) is -1.90. The molecule has 0 unspecified atom stereocenters. The second kappa shape index (κ2) is 6.32. The van der Waals surface area contributed by atoms with Gasteiger partial charge in [0.2, 0.25) is 0 Å². The van der Waals surface area contributed by atoms with Crippen LogP contribution in [0.5, 0.6) is 0 Å². The van der Waals surface area contributed by atoms with Crippen molar-refractivity contribution < 1.29 is 19.1 Å². The van der Waals surface area contributed by atoms with Crippen LogP contribution in [0.15, 0.2) is 59.1 Å². The van der Waals surface area contributed by atoms with E-state index in [1.165, 1.54) is 14.2 Å². The molecule has 0 radical (unpaired) electrons. The molecule has 28 heavy (non-hydrogen) atoms. The Labute approximate surface area is 170 Å². The first-order valence-corrected chi connectivity index (χ1v) is 9.44. The van der Waals surface area contributed by atoms with E-state index >= 15 is 0 Å². The minimum absolute atomic E-state index is 0.423. The summed E-state index contributed by atoms with van der Waals surface area (Å²) in [5, 5.41) is 9.72. The molecule has 0 aliphatic heterocycles. The van der Waals surface area contributed by atoms with Crippen molar-refractivity contribution in [2.24, 2.45) is 5.41 Å². The van der Waals surface area contributed by atoms with Crippen LogP contribution in [0.25, 0.3) is 5.57 Å². The number of nitriles is 1. The van der Waals surface area contributed by atoms with Gasteiger partial charge < -0.3 is 9.47 Å². The Balaban J connectivity index is 2.10. The molecule has 0 heterocycles. The molecule has 2 aromatic rings. The lowest BCUT2D eigenvalue weighted by Crippen LogP contribution is -2.35. The molecule has 0 amide bonds. The van der Waals surface area contributed by atoms with Crippen molar-refractivity contribution >= 4 is 33.4 Å². The van der Waals surface area contributed by atoms with E-state index in [1.54, 1.807) is 6.08 Å². The predicted molar refractivity (Wildman–Crippen MR) is 105 cm³/mol. The highest BCUT2D eigenvalue weighted by Gasteiger charge is 2.87. The summed E-state index contributed by atoms with van der Waals surface area (Å²) in [5.41, 5.74) is -0.00422. The van der Waals surface area contributed by atoms with Gasteiger partial charge >= 0.3 is 11.9 Å². The van der Waals surface area contributed by atoms with Crippen molar-refractivity contribution in [1.82, 2.24) is 0 Å². The number of ether oxygens (including phenoxy) is 2. The number of nitrogens with zero attached hydrogens (tertiary/aromatic N) is 1. The SMILES string of the molecule is COC(=O)C1(C(=O)OC)[C@@H](c2ccccc2)[C@@]12C=C(C#N)c1cccc(Br)c12. The van der Waals surface area contributed by atoms with Gasteiger partial charge in [-0.05, 0) is 22.8 Å². The number of benzene rings is 2. The highest BCUT2D eigenvalue weighted by molar-refractivity contribution is 9.10. The van der Waals surface area contributed by atoms with E-state index in [-0.39, 0.29) is 0 Å². The van der Waals surface area contributed by atoms with E-state index < -0.39 is 28.7 Å². The molecular weight excluding hydrogens is 422 g/mol. The third-order valence-corrected chi connectivity index (χ3v) is 6.48. The molecule has 1 spiro atoms. The molecule has 2 atom stereocenters. The summed E-state index contributed by atoms with van der Waals surface area (Å²) in [6, 6.07) is 17.0. The maximum atomic E-state index is 13.1. The minimum atomic E-state index is -1.60. The zero-order valence-corrected chi connectivity index (χ0v) is 16.8. The predicted octanol–water partition coefficient (Wildman–Crippen LogP) is 3.74. The lowest BCUT2D eigenvalue weighted by atomic mass is 9.87. The number of carbonyl (C=O) groups is 2. The fourth-order valence-electron chi connectivity index (χ4n) is 4.81. The lowest BCUT2D eigenvalue weighted by molar-refractivity contribution is -0.162.